The Morgan fingerprint density at radius 2 is 2.00 bits per heavy atom. The number of hydrazone groups is 1. The van der Waals surface area contributed by atoms with Gasteiger partial charge in [0.25, 0.3) is 5.91 Å². The van der Waals surface area contributed by atoms with Crippen LogP contribution in [-0.2, 0) is 0 Å². The van der Waals surface area contributed by atoms with Gasteiger partial charge in [0.1, 0.15) is 0 Å². The molecule has 1 N–H and O–H groups in total. The average Bonchev–Trinajstić information content (AvgIpc) is 2.48. The van der Waals surface area contributed by atoms with Gasteiger partial charge >= 0.3 is 0 Å². The molecule has 0 atom stereocenters. The minimum atomic E-state index is -0.319. The molecule has 21 heavy (non-hydrogen) atoms. The molecule has 1 aromatic carbocycles. The highest BCUT2D eigenvalue weighted by Gasteiger charge is 2.04. The van der Waals surface area contributed by atoms with Crippen LogP contribution in [0.25, 0.3) is 6.08 Å². The van der Waals surface area contributed by atoms with Gasteiger partial charge in [-0.05, 0) is 49.6 Å². The van der Waals surface area contributed by atoms with Crippen LogP contribution >= 0.6 is 31.9 Å². The van der Waals surface area contributed by atoms with Crippen molar-refractivity contribution in [2.24, 2.45) is 5.10 Å². The predicted octanol–water partition coefficient (Wildman–Crippen LogP) is 4.00. The fourth-order valence-corrected chi connectivity index (χ4v) is 2.23. The van der Waals surface area contributed by atoms with E-state index in [-0.39, 0.29) is 5.91 Å². The Bertz CT molecular complexity index is 684. The number of nitrogens with zero attached hydrogens (tertiary/aromatic N) is 2. The van der Waals surface area contributed by atoms with Crippen molar-refractivity contribution in [1.29, 1.82) is 0 Å². The van der Waals surface area contributed by atoms with E-state index < -0.39 is 0 Å². The summed E-state index contributed by atoms with van der Waals surface area (Å²) in [5, 5.41) is 3.89. The Balaban J connectivity index is 1.96. The van der Waals surface area contributed by atoms with Gasteiger partial charge in [-0.3, -0.25) is 9.78 Å². The first-order chi connectivity index (χ1) is 10.1. The van der Waals surface area contributed by atoms with Gasteiger partial charge in [0, 0.05) is 21.3 Å². The molecule has 0 fully saturated rings. The molecule has 4 nitrogen and oxygen atoms in total. The third-order valence-electron chi connectivity index (χ3n) is 2.43. The van der Waals surface area contributed by atoms with E-state index in [0.29, 0.717) is 5.56 Å². The van der Waals surface area contributed by atoms with Gasteiger partial charge < -0.3 is 0 Å². The zero-order chi connectivity index (χ0) is 15.1. The number of rotatable bonds is 4. The normalized spacial score (nSPS) is 11.6. The smallest absolute Gasteiger partial charge is 0.267 e. The molecule has 0 aliphatic carbocycles. The van der Waals surface area contributed by atoms with Gasteiger partial charge in [-0.1, -0.05) is 30.3 Å². The fourth-order valence-electron chi connectivity index (χ4n) is 1.50. The molecule has 0 saturated heterocycles. The van der Waals surface area contributed by atoms with Gasteiger partial charge in [0.15, 0.2) is 0 Å². The minimum absolute atomic E-state index is 0.319. The second-order valence-electron chi connectivity index (χ2n) is 4.03. The van der Waals surface area contributed by atoms with Gasteiger partial charge in [-0.15, -0.1) is 0 Å². The summed E-state index contributed by atoms with van der Waals surface area (Å²) in [6, 6.07) is 11.5. The number of carbonyl (C=O) groups excluding carboxylic acids is 1. The van der Waals surface area contributed by atoms with Crippen LogP contribution in [0, 0.1) is 0 Å². The molecule has 1 aromatic heterocycles. The summed E-state index contributed by atoms with van der Waals surface area (Å²) in [6.07, 6.45) is 6.51. The van der Waals surface area contributed by atoms with Gasteiger partial charge in [-0.25, -0.2) is 5.43 Å². The molecule has 1 amide bonds. The number of aromatic nitrogens is 1. The van der Waals surface area contributed by atoms with Crippen molar-refractivity contribution >= 4 is 50.1 Å². The molecule has 0 bridgehead atoms. The molecule has 2 aromatic rings. The molecule has 2 rings (SSSR count). The van der Waals surface area contributed by atoms with E-state index in [0.717, 1.165) is 14.5 Å². The molecule has 6 heteroatoms. The van der Waals surface area contributed by atoms with Crippen molar-refractivity contribution in [2.75, 3.05) is 0 Å². The maximum absolute atomic E-state index is 11.8. The highest BCUT2D eigenvalue weighted by molar-refractivity contribution is 9.12. The molecular weight excluding hydrogens is 398 g/mol. The van der Waals surface area contributed by atoms with Crippen LogP contribution in [0.3, 0.4) is 0 Å². The van der Waals surface area contributed by atoms with Crippen LogP contribution in [0.2, 0.25) is 0 Å². The van der Waals surface area contributed by atoms with E-state index in [4.69, 9.17) is 0 Å². The van der Waals surface area contributed by atoms with E-state index in [1.54, 1.807) is 12.3 Å². The van der Waals surface area contributed by atoms with Gasteiger partial charge in [0.2, 0.25) is 0 Å². The Labute approximate surface area is 139 Å². The third-order valence-corrected chi connectivity index (χ3v) is 3.29. The summed E-state index contributed by atoms with van der Waals surface area (Å²) >= 11 is 6.63. The molecule has 0 aliphatic rings. The summed E-state index contributed by atoms with van der Waals surface area (Å²) in [7, 11) is 0. The number of pyridine rings is 1. The number of halogens is 2. The average molecular weight is 409 g/mol. The monoisotopic (exact) mass is 407 g/mol. The lowest BCUT2D eigenvalue weighted by molar-refractivity contribution is 0.0954. The number of allylic oxidation sites excluding steroid dienone is 1. The SMILES string of the molecule is O=C(N/N=C/C(Br)=C/c1ccccc1)c1cncc(Br)c1. The van der Waals surface area contributed by atoms with E-state index in [9.17, 15) is 4.79 Å². The largest absolute Gasteiger partial charge is 0.272 e. The lowest BCUT2D eigenvalue weighted by Gasteiger charge is -1.99. The summed E-state index contributed by atoms with van der Waals surface area (Å²) in [6.45, 7) is 0. The van der Waals surface area contributed by atoms with E-state index in [1.807, 2.05) is 36.4 Å². The lowest BCUT2D eigenvalue weighted by Crippen LogP contribution is -2.17. The highest BCUT2D eigenvalue weighted by atomic mass is 79.9. The van der Waals surface area contributed by atoms with Gasteiger partial charge in [-0.2, -0.15) is 5.10 Å². The summed E-state index contributed by atoms with van der Waals surface area (Å²) in [5.41, 5.74) is 3.92. The van der Waals surface area contributed by atoms with Crippen molar-refractivity contribution in [3.05, 3.63) is 68.9 Å². The molecule has 0 unspecified atom stereocenters. The molecule has 106 valence electrons. The maximum atomic E-state index is 11.8. The minimum Gasteiger partial charge on any atom is -0.267 e. The zero-order valence-corrected chi connectivity index (χ0v) is 14.0. The van der Waals surface area contributed by atoms with Crippen molar-refractivity contribution in [3.63, 3.8) is 0 Å². The second kappa shape index (κ2) is 7.85. The van der Waals surface area contributed by atoms with E-state index >= 15 is 0 Å². The van der Waals surface area contributed by atoms with E-state index in [2.05, 4.69) is 47.4 Å². The second-order valence-corrected chi connectivity index (χ2v) is 5.86. The first-order valence-corrected chi connectivity index (χ1v) is 7.60. The fraction of sp³-hybridized carbons (Fsp3) is 0. The van der Waals surface area contributed by atoms with Crippen LogP contribution in [0.4, 0.5) is 0 Å². The molecule has 0 spiro atoms. The van der Waals surface area contributed by atoms with Crippen LogP contribution in [0.5, 0.6) is 0 Å². The van der Waals surface area contributed by atoms with Crippen LogP contribution < -0.4 is 5.43 Å². The Kier molecular flexibility index (Phi) is 5.83. The predicted molar refractivity (Wildman–Crippen MR) is 91.2 cm³/mol. The van der Waals surface area contributed by atoms with Crippen LogP contribution in [-0.4, -0.2) is 17.1 Å². The Hall–Kier alpha value is -1.79. The zero-order valence-electron chi connectivity index (χ0n) is 10.8. The summed E-state index contributed by atoms with van der Waals surface area (Å²) in [4.78, 5) is 15.7. The summed E-state index contributed by atoms with van der Waals surface area (Å²) < 4.78 is 1.49. The Morgan fingerprint density at radius 1 is 1.24 bits per heavy atom. The van der Waals surface area contributed by atoms with E-state index in [1.165, 1.54) is 12.4 Å². The topological polar surface area (TPSA) is 54.4 Å². The van der Waals surface area contributed by atoms with Crippen LogP contribution in [0.1, 0.15) is 15.9 Å². The van der Waals surface area contributed by atoms with Crippen molar-refractivity contribution < 1.29 is 4.79 Å². The van der Waals surface area contributed by atoms with Crippen molar-refractivity contribution in [3.8, 4) is 0 Å². The third kappa shape index (κ3) is 5.24. The number of amides is 1. The Morgan fingerprint density at radius 3 is 2.71 bits per heavy atom. The molecule has 0 aliphatic heterocycles. The quantitative estimate of drug-likeness (QED) is 0.614. The highest BCUT2D eigenvalue weighted by Crippen LogP contribution is 2.10. The molecule has 1 heterocycles. The first kappa shape index (κ1) is 15.6. The van der Waals surface area contributed by atoms with Crippen LogP contribution in [0.15, 0.2) is 62.8 Å². The maximum Gasteiger partial charge on any atom is 0.272 e. The molecule has 0 radical (unpaired) electrons. The van der Waals surface area contributed by atoms with Crippen molar-refractivity contribution in [1.82, 2.24) is 10.4 Å². The number of nitrogens with one attached hydrogen (secondary N) is 1. The number of hydrogen-bond acceptors (Lipinski definition) is 3. The summed E-state index contributed by atoms with van der Waals surface area (Å²) in [5.74, 6) is -0.319. The van der Waals surface area contributed by atoms with Gasteiger partial charge in [0.05, 0.1) is 11.8 Å². The lowest BCUT2D eigenvalue weighted by atomic mass is 10.2. The molecular formula is C15H11Br2N3O. The molecule has 0 saturated carbocycles. The van der Waals surface area contributed by atoms with Crippen molar-refractivity contribution in [2.45, 2.75) is 0 Å². The first-order valence-electron chi connectivity index (χ1n) is 6.01. The standard InChI is InChI=1S/C15H11Br2N3O/c16-13(6-11-4-2-1-3-5-11)10-19-20-15(21)12-7-14(17)9-18-8-12/h1-10H,(H,20,21)/b13-6-,19-10+. The number of benzene rings is 1. The number of hydrogen-bond donors (Lipinski definition) is 1. The number of carbonyl (C=O) groups is 1.